The summed E-state index contributed by atoms with van der Waals surface area (Å²) in [6.07, 6.45) is 2.86. The van der Waals surface area contributed by atoms with Gasteiger partial charge >= 0.3 is 5.97 Å². The van der Waals surface area contributed by atoms with Crippen LogP contribution in [0.1, 0.15) is 18.5 Å². The Labute approximate surface area is 104 Å². The quantitative estimate of drug-likeness (QED) is 0.802. The molecular formula is C12H15N3O3. The SMILES string of the molecule is Nc1ccc(CC(=O)N2CCCC2C(=O)O)nc1. The molecular weight excluding hydrogens is 234 g/mol. The van der Waals surface area contributed by atoms with Crippen molar-refractivity contribution in [2.24, 2.45) is 0 Å². The standard InChI is InChI=1S/C12H15N3O3/c13-8-3-4-9(14-7-8)6-11(16)15-5-1-2-10(15)12(17)18/h3-4,7,10H,1-2,5-6,13H2,(H,17,18). The van der Waals surface area contributed by atoms with E-state index in [0.29, 0.717) is 24.3 Å². The van der Waals surface area contributed by atoms with Crippen LogP contribution in [-0.4, -0.2) is 39.5 Å². The zero-order chi connectivity index (χ0) is 13.1. The van der Waals surface area contributed by atoms with Crippen molar-refractivity contribution in [1.82, 2.24) is 9.88 Å². The van der Waals surface area contributed by atoms with Crippen LogP contribution in [-0.2, 0) is 16.0 Å². The lowest BCUT2D eigenvalue weighted by molar-refractivity contribution is -0.148. The number of nitrogen functional groups attached to an aromatic ring is 1. The monoisotopic (exact) mass is 249 g/mol. The fourth-order valence-corrected chi connectivity index (χ4v) is 2.12. The third-order valence-electron chi connectivity index (χ3n) is 3.04. The molecule has 1 unspecified atom stereocenters. The number of carbonyl (C=O) groups excluding carboxylic acids is 1. The molecule has 1 fully saturated rings. The first-order chi connectivity index (χ1) is 8.58. The second kappa shape index (κ2) is 5.03. The van der Waals surface area contributed by atoms with Gasteiger partial charge in [-0.1, -0.05) is 0 Å². The Hall–Kier alpha value is -2.11. The normalized spacial score (nSPS) is 18.9. The summed E-state index contributed by atoms with van der Waals surface area (Å²) in [6, 6.07) is 2.67. The summed E-state index contributed by atoms with van der Waals surface area (Å²) in [5.74, 6) is -1.14. The fraction of sp³-hybridized carbons (Fsp3) is 0.417. The van der Waals surface area contributed by atoms with Crippen LogP contribution in [0.2, 0.25) is 0 Å². The number of rotatable bonds is 3. The highest BCUT2D eigenvalue weighted by Crippen LogP contribution is 2.18. The van der Waals surface area contributed by atoms with Gasteiger partial charge in [-0.3, -0.25) is 9.78 Å². The largest absolute Gasteiger partial charge is 0.480 e. The van der Waals surface area contributed by atoms with Gasteiger partial charge in [0, 0.05) is 12.2 Å². The van der Waals surface area contributed by atoms with Crippen molar-refractivity contribution < 1.29 is 14.7 Å². The van der Waals surface area contributed by atoms with E-state index < -0.39 is 12.0 Å². The lowest BCUT2D eigenvalue weighted by atomic mass is 10.2. The topological polar surface area (TPSA) is 96.5 Å². The van der Waals surface area contributed by atoms with Gasteiger partial charge in [0.05, 0.1) is 18.3 Å². The number of pyridine rings is 1. The van der Waals surface area contributed by atoms with Crippen molar-refractivity contribution in [2.45, 2.75) is 25.3 Å². The average molecular weight is 249 g/mol. The van der Waals surface area contributed by atoms with Crippen molar-refractivity contribution in [1.29, 1.82) is 0 Å². The van der Waals surface area contributed by atoms with E-state index in [1.165, 1.54) is 11.1 Å². The van der Waals surface area contributed by atoms with Crippen LogP contribution in [0.25, 0.3) is 0 Å². The number of aliphatic carboxylic acids is 1. The lowest BCUT2D eigenvalue weighted by Gasteiger charge is -2.21. The van der Waals surface area contributed by atoms with Gasteiger partial charge in [0.1, 0.15) is 6.04 Å². The number of carboxylic acids is 1. The highest BCUT2D eigenvalue weighted by Gasteiger charge is 2.33. The maximum atomic E-state index is 12.0. The predicted octanol–water partition coefficient (Wildman–Crippen LogP) is 0.282. The molecule has 1 aliphatic heterocycles. The minimum atomic E-state index is -0.939. The van der Waals surface area contributed by atoms with Gasteiger partial charge < -0.3 is 15.7 Å². The summed E-state index contributed by atoms with van der Waals surface area (Å²) in [6.45, 7) is 0.505. The van der Waals surface area contributed by atoms with Crippen LogP contribution in [0.15, 0.2) is 18.3 Å². The van der Waals surface area contributed by atoms with Crippen LogP contribution < -0.4 is 5.73 Å². The summed E-state index contributed by atoms with van der Waals surface area (Å²) in [5.41, 5.74) is 6.65. The van der Waals surface area contributed by atoms with Gasteiger partial charge in [-0.05, 0) is 25.0 Å². The van der Waals surface area contributed by atoms with Gasteiger partial charge in [-0.15, -0.1) is 0 Å². The maximum absolute atomic E-state index is 12.0. The summed E-state index contributed by atoms with van der Waals surface area (Å²) in [4.78, 5) is 28.4. The van der Waals surface area contributed by atoms with E-state index in [0.717, 1.165) is 6.42 Å². The third-order valence-corrected chi connectivity index (χ3v) is 3.04. The van der Waals surface area contributed by atoms with Gasteiger partial charge in [-0.2, -0.15) is 0 Å². The Morgan fingerprint density at radius 3 is 2.89 bits per heavy atom. The number of amides is 1. The van der Waals surface area contributed by atoms with Crippen molar-refractivity contribution in [3.8, 4) is 0 Å². The van der Waals surface area contributed by atoms with Crippen LogP contribution in [0.4, 0.5) is 5.69 Å². The second-order valence-electron chi connectivity index (χ2n) is 4.34. The number of carbonyl (C=O) groups is 2. The van der Waals surface area contributed by atoms with E-state index in [1.54, 1.807) is 12.1 Å². The number of nitrogens with two attached hydrogens (primary N) is 1. The molecule has 1 amide bonds. The number of aromatic nitrogens is 1. The van der Waals surface area contributed by atoms with Crippen LogP contribution in [0, 0.1) is 0 Å². The molecule has 6 heteroatoms. The van der Waals surface area contributed by atoms with Crippen LogP contribution >= 0.6 is 0 Å². The van der Waals surface area contributed by atoms with Gasteiger partial charge in [0.15, 0.2) is 0 Å². The van der Waals surface area contributed by atoms with Crippen molar-refractivity contribution in [3.05, 3.63) is 24.0 Å². The first-order valence-electron chi connectivity index (χ1n) is 5.80. The van der Waals surface area contributed by atoms with E-state index in [4.69, 9.17) is 10.8 Å². The van der Waals surface area contributed by atoms with Gasteiger partial charge in [0.25, 0.3) is 0 Å². The van der Waals surface area contributed by atoms with E-state index in [2.05, 4.69) is 4.98 Å². The van der Waals surface area contributed by atoms with Crippen molar-refractivity contribution >= 4 is 17.6 Å². The van der Waals surface area contributed by atoms with E-state index >= 15 is 0 Å². The Kier molecular flexibility index (Phi) is 3.45. The van der Waals surface area contributed by atoms with Crippen LogP contribution in [0.3, 0.4) is 0 Å². The molecule has 0 aliphatic carbocycles. The highest BCUT2D eigenvalue weighted by molar-refractivity contribution is 5.85. The molecule has 2 rings (SSSR count). The van der Waals surface area contributed by atoms with Gasteiger partial charge in [-0.25, -0.2) is 4.79 Å². The average Bonchev–Trinajstić information content (AvgIpc) is 2.81. The summed E-state index contributed by atoms with van der Waals surface area (Å²) in [7, 11) is 0. The highest BCUT2D eigenvalue weighted by atomic mass is 16.4. The fourth-order valence-electron chi connectivity index (χ4n) is 2.12. The molecule has 96 valence electrons. The van der Waals surface area contributed by atoms with Crippen molar-refractivity contribution in [2.75, 3.05) is 12.3 Å². The molecule has 0 radical (unpaired) electrons. The number of nitrogens with zero attached hydrogens (tertiary/aromatic N) is 2. The molecule has 1 aromatic heterocycles. The van der Waals surface area contributed by atoms with Gasteiger partial charge in [0.2, 0.25) is 5.91 Å². The van der Waals surface area contributed by atoms with E-state index in [9.17, 15) is 9.59 Å². The first kappa shape index (κ1) is 12.3. The summed E-state index contributed by atoms with van der Waals surface area (Å²) < 4.78 is 0. The zero-order valence-electron chi connectivity index (χ0n) is 9.87. The van der Waals surface area contributed by atoms with Crippen LogP contribution in [0.5, 0.6) is 0 Å². The molecule has 0 bridgehead atoms. The molecule has 18 heavy (non-hydrogen) atoms. The number of hydrogen-bond donors (Lipinski definition) is 2. The smallest absolute Gasteiger partial charge is 0.326 e. The summed E-state index contributed by atoms with van der Waals surface area (Å²) in [5, 5.41) is 9.01. The minimum Gasteiger partial charge on any atom is -0.480 e. The first-order valence-corrected chi connectivity index (χ1v) is 5.80. The molecule has 1 saturated heterocycles. The molecule has 1 aliphatic rings. The molecule has 3 N–H and O–H groups in total. The second-order valence-corrected chi connectivity index (χ2v) is 4.34. The number of carboxylic acid groups (broad SMARTS) is 1. The molecule has 1 aromatic rings. The number of anilines is 1. The third kappa shape index (κ3) is 2.58. The Morgan fingerprint density at radius 2 is 2.28 bits per heavy atom. The Balaban J connectivity index is 2.03. The molecule has 0 aromatic carbocycles. The van der Waals surface area contributed by atoms with Crippen molar-refractivity contribution in [3.63, 3.8) is 0 Å². The summed E-state index contributed by atoms with van der Waals surface area (Å²) >= 11 is 0. The maximum Gasteiger partial charge on any atom is 0.326 e. The van der Waals surface area contributed by atoms with E-state index in [-0.39, 0.29) is 12.3 Å². The zero-order valence-corrected chi connectivity index (χ0v) is 9.87. The molecule has 0 saturated carbocycles. The predicted molar refractivity (Wildman–Crippen MR) is 64.7 cm³/mol. The Bertz CT molecular complexity index is 458. The molecule has 2 heterocycles. The lowest BCUT2D eigenvalue weighted by Crippen LogP contribution is -2.41. The number of hydrogen-bond acceptors (Lipinski definition) is 4. The molecule has 0 spiro atoms. The minimum absolute atomic E-state index is 0.115. The molecule has 6 nitrogen and oxygen atoms in total. The number of likely N-dealkylation sites (tertiary alicyclic amines) is 1. The Morgan fingerprint density at radius 1 is 1.50 bits per heavy atom. The molecule has 1 atom stereocenters. The van der Waals surface area contributed by atoms with E-state index in [1.807, 2.05) is 0 Å².